The van der Waals surface area contributed by atoms with Gasteiger partial charge in [0.25, 0.3) is 5.91 Å². The van der Waals surface area contributed by atoms with E-state index in [-0.39, 0.29) is 17.5 Å². The topological polar surface area (TPSA) is 61.9 Å². The molecule has 1 saturated heterocycles. The van der Waals surface area contributed by atoms with Crippen molar-refractivity contribution in [1.82, 2.24) is 15.1 Å². The van der Waals surface area contributed by atoms with Crippen LogP contribution in [0.15, 0.2) is 12.1 Å². The third-order valence-corrected chi connectivity index (χ3v) is 4.38. The molecule has 0 aromatic heterocycles. The van der Waals surface area contributed by atoms with E-state index in [1.807, 2.05) is 46.8 Å². The van der Waals surface area contributed by atoms with Gasteiger partial charge >= 0.3 is 6.03 Å². The van der Waals surface area contributed by atoms with Crippen LogP contribution in [0.3, 0.4) is 0 Å². The van der Waals surface area contributed by atoms with Gasteiger partial charge in [-0.2, -0.15) is 0 Å². The van der Waals surface area contributed by atoms with E-state index < -0.39 is 0 Å². The van der Waals surface area contributed by atoms with Crippen LogP contribution in [0.2, 0.25) is 0 Å². The molecular formula is C19H29N3O3. The zero-order valence-electron chi connectivity index (χ0n) is 16.1. The molecule has 0 saturated carbocycles. The third kappa shape index (κ3) is 4.65. The van der Waals surface area contributed by atoms with Crippen molar-refractivity contribution < 1.29 is 14.3 Å². The van der Waals surface area contributed by atoms with Crippen molar-refractivity contribution >= 4 is 11.9 Å². The van der Waals surface area contributed by atoms with Gasteiger partial charge in [0.15, 0.2) is 0 Å². The summed E-state index contributed by atoms with van der Waals surface area (Å²) in [4.78, 5) is 28.7. The molecule has 0 spiro atoms. The van der Waals surface area contributed by atoms with Gasteiger partial charge in [-0.25, -0.2) is 4.79 Å². The molecule has 6 heteroatoms. The quantitative estimate of drug-likeness (QED) is 0.894. The summed E-state index contributed by atoms with van der Waals surface area (Å²) >= 11 is 0. The average Bonchev–Trinajstić information content (AvgIpc) is 2.55. The largest absolute Gasteiger partial charge is 0.496 e. The first-order chi connectivity index (χ1) is 11.6. The SMILES string of the molecule is COc1cc(C)c(C)cc1C(=O)N1CCN(C(=O)NC(C)(C)C)CC1. The Morgan fingerprint density at radius 1 is 1.00 bits per heavy atom. The van der Waals surface area contributed by atoms with Gasteiger partial charge in [0, 0.05) is 31.7 Å². The van der Waals surface area contributed by atoms with Gasteiger partial charge in [-0.05, 0) is 57.9 Å². The Balaban J connectivity index is 2.05. The van der Waals surface area contributed by atoms with Crippen LogP contribution in [0.1, 0.15) is 42.3 Å². The van der Waals surface area contributed by atoms with Crippen LogP contribution in [-0.4, -0.2) is 60.6 Å². The number of benzene rings is 1. The number of nitrogens with one attached hydrogen (secondary N) is 1. The van der Waals surface area contributed by atoms with E-state index >= 15 is 0 Å². The van der Waals surface area contributed by atoms with Gasteiger partial charge in [0.05, 0.1) is 12.7 Å². The Morgan fingerprint density at radius 2 is 1.52 bits per heavy atom. The van der Waals surface area contributed by atoms with Crippen molar-refractivity contribution in [2.24, 2.45) is 0 Å². The number of ether oxygens (including phenoxy) is 1. The van der Waals surface area contributed by atoms with Gasteiger partial charge in [0.2, 0.25) is 0 Å². The van der Waals surface area contributed by atoms with Crippen LogP contribution >= 0.6 is 0 Å². The molecule has 1 aliphatic rings. The molecule has 1 aliphatic heterocycles. The van der Waals surface area contributed by atoms with E-state index in [1.165, 1.54) is 0 Å². The molecule has 0 aliphatic carbocycles. The molecule has 2 rings (SSSR count). The molecule has 6 nitrogen and oxygen atoms in total. The van der Waals surface area contributed by atoms with Gasteiger partial charge < -0.3 is 19.9 Å². The highest BCUT2D eigenvalue weighted by Crippen LogP contribution is 2.25. The zero-order valence-corrected chi connectivity index (χ0v) is 16.1. The molecule has 0 unspecified atom stereocenters. The summed E-state index contributed by atoms with van der Waals surface area (Å²) in [5, 5.41) is 2.96. The smallest absolute Gasteiger partial charge is 0.317 e. The van der Waals surface area contributed by atoms with E-state index in [9.17, 15) is 9.59 Å². The lowest BCUT2D eigenvalue weighted by atomic mass is 10.0. The summed E-state index contributed by atoms with van der Waals surface area (Å²) in [5.74, 6) is 0.553. The average molecular weight is 347 g/mol. The molecule has 3 amide bonds. The fraction of sp³-hybridized carbons (Fsp3) is 0.579. The van der Waals surface area contributed by atoms with E-state index in [0.29, 0.717) is 37.5 Å². The van der Waals surface area contributed by atoms with Gasteiger partial charge in [0.1, 0.15) is 5.75 Å². The molecule has 1 aromatic rings. The maximum absolute atomic E-state index is 12.9. The monoisotopic (exact) mass is 347 g/mol. The molecule has 0 bridgehead atoms. The van der Waals surface area contributed by atoms with Crippen molar-refractivity contribution in [3.05, 3.63) is 28.8 Å². The molecule has 1 N–H and O–H groups in total. The van der Waals surface area contributed by atoms with Crippen molar-refractivity contribution in [3.8, 4) is 5.75 Å². The number of nitrogens with zero attached hydrogens (tertiary/aromatic N) is 2. The first kappa shape index (κ1) is 19.1. The third-order valence-electron chi connectivity index (χ3n) is 4.38. The summed E-state index contributed by atoms with van der Waals surface area (Å²) in [6, 6.07) is 3.70. The molecule has 138 valence electrons. The number of rotatable bonds is 2. The van der Waals surface area contributed by atoms with E-state index in [1.54, 1.807) is 16.9 Å². The van der Waals surface area contributed by atoms with Crippen LogP contribution in [0.4, 0.5) is 4.79 Å². The zero-order chi connectivity index (χ0) is 18.8. The number of aryl methyl sites for hydroxylation is 2. The van der Waals surface area contributed by atoms with Gasteiger partial charge in [-0.1, -0.05) is 0 Å². The number of methoxy groups -OCH3 is 1. The summed E-state index contributed by atoms with van der Waals surface area (Å²) in [6.07, 6.45) is 0. The highest BCUT2D eigenvalue weighted by molar-refractivity contribution is 5.97. The number of piperazine rings is 1. The first-order valence-electron chi connectivity index (χ1n) is 8.64. The predicted octanol–water partition coefficient (Wildman–Crippen LogP) is 2.58. The van der Waals surface area contributed by atoms with Crippen molar-refractivity contribution in [2.45, 2.75) is 40.2 Å². The Bertz CT molecular complexity index is 657. The Morgan fingerprint density at radius 3 is 2.04 bits per heavy atom. The van der Waals surface area contributed by atoms with Crippen molar-refractivity contribution in [2.75, 3.05) is 33.3 Å². The minimum atomic E-state index is -0.267. The molecule has 1 aromatic carbocycles. The van der Waals surface area contributed by atoms with Crippen LogP contribution in [0.5, 0.6) is 5.75 Å². The van der Waals surface area contributed by atoms with E-state index in [2.05, 4.69) is 5.32 Å². The minimum absolute atomic E-state index is 0.0455. The number of hydrogen-bond donors (Lipinski definition) is 1. The molecule has 1 heterocycles. The lowest BCUT2D eigenvalue weighted by Gasteiger charge is -2.36. The lowest BCUT2D eigenvalue weighted by molar-refractivity contribution is 0.0658. The normalized spacial score (nSPS) is 15.1. The van der Waals surface area contributed by atoms with Crippen molar-refractivity contribution in [3.63, 3.8) is 0 Å². The fourth-order valence-electron chi connectivity index (χ4n) is 2.81. The van der Waals surface area contributed by atoms with E-state index in [0.717, 1.165) is 11.1 Å². The standard InChI is InChI=1S/C19H29N3O3/c1-13-11-15(16(25-6)12-14(13)2)17(23)21-7-9-22(10-8-21)18(24)20-19(3,4)5/h11-12H,7-10H2,1-6H3,(H,20,24). The summed E-state index contributed by atoms with van der Waals surface area (Å²) in [5.41, 5.74) is 2.47. The Labute approximate surface area is 150 Å². The number of amides is 3. The van der Waals surface area contributed by atoms with Crippen LogP contribution in [0.25, 0.3) is 0 Å². The number of carbonyl (C=O) groups excluding carboxylic acids is 2. The molecule has 0 radical (unpaired) electrons. The van der Waals surface area contributed by atoms with Crippen LogP contribution in [-0.2, 0) is 0 Å². The van der Waals surface area contributed by atoms with Gasteiger partial charge in [-0.15, -0.1) is 0 Å². The summed E-state index contributed by atoms with van der Waals surface area (Å²) in [7, 11) is 1.58. The second kappa shape index (κ2) is 7.33. The number of carbonyl (C=O) groups is 2. The first-order valence-corrected chi connectivity index (χ1v) is 8.64. The summed E-state index contributed by atoms with van der Waals surface area (Å²) in [6.45, 7) is 11.9. The lowest BCUT2D eigenvalue weighted by Crippen LogP contribution is -2.56. The predicted molar refractivity (Wildman–Crippen MR) is 98.2 cm³/mol. The van der Waals surface area contributed by atoms with E-state index in [4.69, 9.17) is 4.74 Å². The second-order valence-electron chi connectivity index (χ2n) is 7.60. The molecular weight excluding hydrogens is 318 g/mol. The van der Waals surface area contributed by atoms with Crippen LogP contribution < -0.4 is 10.1 Å². The fourth-order valence-corrected chi connectivity index (χ4v) is 2.81. The summed E-state index contributed by atoms with van der Waals surface area (Å²) < 4.78 is 5.39. The highest BCUT2D eigenvalue weighted by atomic mass is 16.5. The molecule has 0 atom stereocenters. The number of urea groups is 1. The number of hydrogen-bond acceptors (Lipinski definition) is 3. The Hall–Kier alpha value is -2.24. The molecule has 25 heavy (non-hydrogen) atoms. The minimum Gasteiger partial charge on any atom is -0.496 e. The maximum atomic E-state index is 12.9. The molecule has 1 fully saturated rings. The van der Waals surface area contributed by atoms with Gasteiger partial charge in [-0.3, -0.25) is 4.79 Å². The second-order valence-corrected chi connectivity index (χ2v) is 7.60. The highest BCUT2D eigenvalue weighted by Gasteiger charge is 2.28. The van der Waals surface area contributed by atoms with Crippen LogP contribution in [0, 0.1) is 13.8 Å². The Kier molecular flexibility index (Phi) is 5.60. The van der Waals surface area contributed by atoms with Crippen molar-refractivity contribution in [1.29, 1.82) is 0 Å². The maximum Gasteiger partial charge on any atom is 0.317 e.